The number of hydrogen-bond acceptors (Lipinski definition) is 0. The molecule has 4 aromatic carbocycles. The molecule has 250 valence electrons. The molecular formula is C42H54Cl2Si2Zr-2. The molecule has 0 aliphatic heterocycles. The number of halogens is 2. The van der Waals surface area contributed by atoms with Crippen molar-refractivity contribution in [3.8, 4) is 0 Å². The van der Waals surface area contributed by atoms with Crippen LogP contribution in [0.3, 0.4) is 0 Å². The zero-order valence-electron chi connectivity index (χ0n) is 30.7. The third kappa shape index (κ3) is 8.64. The zero-order valence-corrected chi connectivity index (χ0v) is 36.7. The third-order valence-corrected chi connectivity index (χ3v) is 17.6. The second-order valence-corrected chi connectivity index (χ2v) is 29.4. The van der Waals surface area contributed by atoms with Crippen LogP contribution in [0.4, 0.5) is 0 Å². The second kappa shape index (κ2) is 14.8. The average Bonchev–Trinajstić information content (AvgIpc) is 3.77. The predicted octanol–water partition coefficient (Wildman–Crippen LogP) is 11.6. The van der Waals surface area contributed by atoms with Crippen LogP contribution in [0.25, 0.3) is 16.8 Å². The standard InChI is InChI=1S/C21H28Si.C21H26Si.2ClH.Zr/c2*1-15-12-16-8-7-9-20(19(16)13-15)22(5,6)18-11-10-17(14-18)21(2,3)4;;;/h7-12,14,18H,13H2,1-6H3;7-14H,1-6H3;2*1H;/q;-2;;;+2/p-2. The van der Waals surface area contributed by atoms with Gasteiger partial charge in [0.15, 0.2) is 0 Å². The number of allylic oxidation sites excluding steroid dienone is 5. The Labute approximate surface area is 306 Å². The van der Waals surface area contributed by atoms with Crippen LogP contribution in [0.1, 0.15) is 70.7 Å². The van der Waals surface area contributed by atoms with Gasteiger partial charge in [-0.15, -0.1) is 39.7 Å². The van der Waals surface area contributed by atoms with Crippen molar-refractivity contribution in [2.45, 2.75) is 99.0 Å². The zero-order chi connectivity index (χ0) is 34.9. The molecule has 0 aromatic heterocycles. The Kier molecular flexibility index (Phi) is 12.1. The normalized spacial score (nSPS) is 16.2. The molecule has 0 spiro atoms. The molecule has 0 saturated carbocycles. The topological polar surface area (TPSA) is 0 Å². The first kappa shape index (κ1) is 38.3. The number of benzene rings is 2. The van der Waals surface area contributed by atoms with Crippen molar-refractivity contribution in [2.75, 3.05) is 0 Å². The summed E-state index contributed by atoms with van der Waals surface area (Å²) in [4.78, 5) is 0. The summed E-state index contributed by atoms with van der Waals surface area (Å²) in [6, 6.07) is 25.5. The van der Waals surface area contributed by atoms with Crippen molar-refractivity contribution in [1.29, 1.82) is 0 Å². The van der Waals surface area contributed by atoms with Gasteiger partial charge in [-0.1, -0.05) is 139 Å². The van der Waals surface area contributed by atoms with E-state index in [0.29, 0.717) is 5.54 Å². The molecule has 0 N–H and O–H groups in total. The molecule has 5 heteroatoms. The van der Waals surface area contributed by atoms with E-state index in [-0.39, 0.29) is 10.8 Å². The Morgan fingerprint density at radius 2 is 1.51 bits per heavy atom. The Morgan fingerprint density at radius 3 is 2.11 bits per heavy atom. The number of fused-ring (bicyclic) bond motifs is 2. The molecule has 0 fully saturated rings. The Morgan fingerprint density at radius 1 is 0.872 bits per heavy atom. The first-order chi connectivity index (χ1) is 21.8. The predicted molar refractivity (Wildman–Crippen MR) is 215 cm³/mol. The molecule has 0 bridgehead atoms. The molecule has 4 aromatic rings. The van der Waals surface area contributed by atoms with Crippen molar-refractivity contribution in [3.05, 3.63) is 118 Å². The van der Waals surface area contributed by atoms with Crippen LogP contribution in [-0.2, 0) is 32.7 Å². The van der Waals surface area contributed by atoms with E-state index in [1.54, 1.807) is 21.1 Å². The van der Waals surface area contributed by atoms with Gasteiger partial charge in [-0.05, 0) is 41.0 Å². The monoisotopic (exact) mass is 774 g/mol. The summed E-state index contributed by atoms with van der Waals surface area (Å²) >= 11 is -0.826. The van der Waals surface area contributed by atoms with E-state index in [0.717, 1.165) is 6.42 Å². The molecule has 1 unspecified atom stereocenters. The number of rotatable bonds is 4. The van der Waals surface area contributed by atoms with Gasteiger partial charge in [-0.3, -0.25) is 0 Å². The summed E-state index contributed by atoms with van der Waals surface area (Å²) in [7, 11) is 6.65. The van der Waals surface area contributed by atoms with E-state index in [1.165, 1.54) is 38.6 Å². The van der Waals surface area contributed by atoms with Crippen molar-refractivity contribution < 1.29 is 20.8 Å². The summed E-state index contributed by atoms with van der Waals surface area (Å²) in [5.41, 5.74) is 9.98. The summed E-state index contributed by atoms with van der Waals surface area (Å²) < 4.78 is 0. The fraction of sp³-hybridized carbons (Fsp3) is 0.381. The molecule has 0 heterocycles. The molecule has 1 atom stereocenters. The van der Waals surface area contributed by atoms with E-state index in [2.05, 4.69) is 173 Å². The molecule has 2 aliphatic rings. The van der Waals surface area contributed by atoms with E-state index in [4.69, 9.17) is 17.0 Å². The van der Waals surface area contributed by atoms with Gasteiger partial charge in [0, 0.05) is 8.07 Å². The summed E-state index contributed by atoms with van der Waals surface area (Å²) in [5, 5.41) is 7.60. The molecule has 0 amide bonds. The van der Waals surface area contributed by atoms with Crippen molar-refractivity contribution in [2.24, 2.45) is 5.41 Å². The van der Waals surface area contributed by atoms with Crippen LogP contribution in [0.5, 0.6) is 0 Å². The van der Waals surface area contributed by atoms with E-state index < -0.39 is 37.0 Å². The molecule has 0 nitrogen and oxygen atoms in total. The minimum atomic E-state index is -1.66. The van der Waals surface area contributed by atoms with Crippen molar-refractivity contribution >= 4 is 65.6 Å². The van der Waals surface area contributed by atoms with Gasteiger partial charge in [0.25, 0.3) is 0 Å². The summed E-state index contributed by atoms with van der Waals surface area (Å²) in [5.74, 6) is 0. The van der Waals surface area contributed by atoms with Gasteiger partial charge in [0.05, 0.1) is 8.07 Å². The second-order valence-electron chi connectivity index (χ2n) is 16.7. The minimum absolute atomic E-state index is 0.228. The molecule has 2 aliphatic carbocycles. The first-order valence-corrected chi connectivity index (χ1v) is 29.3. The van der Waals surface area contributed by atoms with E-state index >= 15 is 0 Å². The molecule has 6 rings (SSSR count). The van der Waals surface area contributed by atoms with Crippen LogP contribution in [0, 0.1) is 12.3 Å². The average molecular weight is 777 g/mol. The van der Waals surface area contributed by atoms with Gasteiger partial charge in [0.2, 0.25) is 0 Å². The van der Waals surface area contributed by atoms with Gasteiger partial charge in [-0.2, -0.15) is 28.9 Å². The van der Waals surface area contributed by atoms with Crippen LogP contribution in [0.15, 0.2) is 96.1 Å². The molecular weight excluding hydrogens is 723 g/mol. The Balaban J connectivity index is 0.000000197. The van der Waals surface area contributed by atoms with Gasteiger partial charge < -0.3 is 0 Å². The number of aryl methyl sites for hydroxylation is 1. The van der Waals surface area contributed by atoms with Crippen LogP contribution in [-0.4, -0.2) is 16.1 Å². The summed E-state index contributed by atoms with van der Waals surface area (Å²) in [6.45, 7) is 28.3. The quantitative estimate of drug-likeness (QED) is 0.143. The fourth-order valence-electron chi connectivity index (χ4n) is 7.16. The van der Waals surface area contributed by atoms with Crippen molar-refractivity contribution in [1.82, 2.24) is 0 Å². The SMILES string of the molecule is CC1=Cc2cccc([Si](C)(C)C3C=CC(C(C)(C)C)=C3)c2C1.Cc1cc2cccc([Si](C)(C)[c-]3ccc(C(C)(C)C)c3)c2[cH-]1.[Cl][Zr][Cl]. The van der Waals surface area contributed by atoms with Gasteiger partial charge in [0.1, 0.15) is 0 Å². The summed E-state index contributed by atoms with van der Waals surface area (Å²) in [6.07, 6.45) is 10.9. The Hall–Kier alpha value is -1.48. The van der Waals surface area contributed by atoms with Gasteiger partial charge >= 0.3 is 37.9 Å². The number of hydrogen-bond donors (Lipinski definition) is 0. The van der Waals surface area contributed by atoms with Crippen LogP contribution in [0.2, 0.25) is 31.7 Å². The maximum atomic E-state index is 4.93. The molecule has 0 radical (unpaired) electrons. The Bertz CT molecular complexity index is 1800. The maximum absolute atomic E-state index is 4.93. The van der Waals surface area contributed by atoms with Crippen LogP contribution < -0.4 is 15.6 Å². The van der Waals surface area contributed by atoms with Crippen molar-refractivity contribution in [3.63, 3.8) is 0 Å². The molecule has 0 saturated heterocycles. The van der Waals surface area contributed by atoms with Crippen LogP contribution >= 0.6 is 17.0 Å². The first-order valence-electron chi connectivity index (χ1n) is 16.9. The van der Waals surface area contributed by atoms with Gasteiger partial charge in [-0.25, -0.2) is 6.07 Å². The fourth-order valence-corrected chi connectivity index (χ4v) is 13.0. The third-order valence-electron chi connectivity index (χ3n) is 10.2. The molecule has 47 heavy (non-hydrogen) atoms. The van der Waals surface area contributed by atoms with E-state index in [9.17, 15) is 0 Å². The van der Waals surface area contributed by atoms with E-state index in [1.807, 2.05) is 0 Å².